The number of hydrogen-bond donors (Lipinski definition) is 2. The highest BCUT2D eigenvalue weighted by molar-refractivity contribution is 5.73. The third-order valence-corrected chi connectivity index (χ3v) is 3.63. The van der Waals surface area contributed by atoms with Crippen molar-refractivity contribution in [3.63, 3.8) is 0 Å². The number of likely N-dealkylation sites (tertiary alicyclic amines) is 1. The monoisotopic (exact) mass is 315 g/mol. The van der Waals surface area contributed by atoms with E-state index >= 15 is 0 Å². The zero-order chi connectivity index (χ0) is 16.2. The smallest absolute Gasteiger partial charge is 0.323 e. The largest absolute Gasteiger partial charge is 0.480 e. The van der Waals surface area contributed by atoms with Gasteiger partial charge in [0.2, 0.25) is 0 Å². The van der Waals surface area contributed by atoms with E-state index in [1.165, 1.54) is 0 Å². The maximum atomic E-state index is 10.7. The van der Waals surface area contributed by atoms with Crippen LogP contribution < -0.4 is 5.32 Å². The quantitative estimate of drug-likeness (QED) is 0.247. The number of aliphatic carboxylic acids is 1. The molecule has 1 saturated heterocycles. The van der Waals surface area contributed by atoms with Crippen molar-refractivity contribution in [2.24, 2.45) is 5.11 Å². The molecule has 0 aromatic rings. The summed E-state index contributed by atoms with van der Waals surface area (Å²) in [6, 6.07) is -0.553. The Balaban J connectivity index is 1.96. The first-order chi connectivity index (χ1) is 10.7. The van der Waals surface area contributed by atoms with Gasteiger partial charge in [-0.05, 0) is 38.5 Å². The van der Waals surface area contributed by atoms with Crippen molar-refractivity contribution in [1.82, 2.24) is 10.2 Å². The minimum atomic E-state index is -0.924. The van der Waals surface area contributed by atoms with Gasteiger partial charge in [0, 0.05) is 17.5 Å². The summed E-state index contributed by atoms with van der Waals surface area (Å²) in [5, 5.41) is 15.2. The first-order valence-electron chi connectivity index (χ1n) is 7.49. The number of likely N-dealkylation sites (N-methyl/N-ethyl adjacent to an activating group) is 1. The second kappa shape index (κ2) is 11.2. The highest BCUT2D eigenvalue weighted by Crippen LogP contribution is 2.13. The van der Waals surface area contributed by atoms with Gasteiger partial charge < -0.3 is 24.8 Å². The fourth-order valence-corrected chi connectivity index (χ4v) is 2.22. The number of nitrogens with one attached hydrogen (secondary N) is 1. The SMILES string of the molecule is CN[C@@H](COCCOCCN1CCC(N=[N+]=[N-])CC1)C(=O)O. The Hall–Kier alpha value is -1.38. The van der Waals surface area contributed by atoms with E-state index in [4.69, 9.17) is 20.1 Å². The van der Waals surface area contributed by atoms with Crippen LogP contribution in [0.1, 0.15) is 12.8 Å². The highest BCUT2D eigenvalue weighted by Gasteiger charge is 2.17. The molecule has 0 aromatic carbocycles. The second-order valence-electron chi connectivity index (χ2n) is 5.14. The summed E-state index contributed by atoms with van der Waals surface area (Å²) in [6.07, 6.45) is 1.79. The molecule has 0 aliphatic carbocycles. The number of azide groups is 1. The minimum absolute atomic E-state index is 0.127. The zero-order valence-electron chi connectivity index (χ0n) is 13.0. The van der Waals surface area contributed by atoms with Gasteiger partial charge in [-0.25, -0.2) is 0 Å². The molecule has 1 atom stereocenters. The number of rotatable bonds is 11. The van der Waals surface area contributed by atoms with E-state index < -0.39 is 12.0 Å². The van der Waals surface area contributed by atoms with Crippen molar-refractivity contribution in [3.05, 3.63) is 10.4 Å². The lowest BCUT2D eigenvalue weighted by Gasteiger charge is -2.29. The summed E-state index contributed by atoms with van der Waals surface area (Å²) < 4.78 is 10.7. The molecule has 0 unspecified atom stereocenters. The van der Waals surface area contributed by atoms with Crippen LogP contribution in [0.2, 0.25) is 0 Å². The summed E-state index contributed by atoms with van der Waals surface area (Å²) in [6.45, 7) is 4.26. The second-order valence-corrected chi connectivity index (χ2v) is 5.14. The maximum absolute atomic E-state index is 10.7. The van der Waals surface area contributed by atoms with Crippen LogP contribution in [0.3, 0.4) is 0 Å². The Kier molecular flexibility index (Phi) is 9.52. The van der Waals surface area contributed by atoms with Crippen molar-refractivity contribution in [3.8, 4) is 0 Å². The number of piperidine rings is 1. The molecule has 126 valence electrons. The fraction of sp³-hybridized carbons (Fsp3) is 0.923. The summed E-state index contributed by atoms with van der Waals surface area (Å²) in [5.41, 5.74) is 8.39. The molecular formula is C13H25N5O4. The number of hydrogen-bond acceptors (Lipinski definition) is 6. The third kappa shape index (κ3) is 7.58. The van der Waals surface area contributed by atoms with Crippen LogP contribution >= 0.6 is 0 Å². The molecule has 1 aliphatic heterocycles. The molecule has 1 fully saturated rings. The molecule has 1 aliphatic rings. The van der Waals surface area contributed by atoms with Crippen LogP contribution in [0.4, 0.5) is 0 Å². The van der Waals surface area contributed by atoms with E-state index in [1.54, 1.807) is 7.05 Å². The summed E-state index contributed by atoms with van der Waals surface area (Å²) in [5.74, 6) is -0.924. The Morgan fingerprint density at radius 3 is 2.68 bits per heavy atom. The Labute approximate surface area is 130 Å². The lowest BCUT2D eigenvalue weighted by atomic mass is 10.1. The van der Waals surface area contributed by atoms with Crippen LogP contribution in [0.25, 0.3) is 10.4 Å². The number of ether oxygens (including phenoxy) is 2. The number of carboxylic acid groups (broad SMARTS) is 1. The molecule has 9 nitrogen and oxygen atoms in total. The zero-order valence-corrected chi connectivity index (χ0v) is 13.0. The Morgan fingerprint density at radius 2 is 2.09 bits per heavy atom. The molecule has 0 radical (unpaired) electrons. The van der Waals surface area contributed by atoms with Crippen molar-refractivity contribution in [2.45, 2.75) is 24.9 Å². The minimum Gasteiger partial charge on any atom is -0.480 e. The van der Waals surface area contributed by atoms with Crippen molar-refractivity contribution < 1.29 is 19.4 Å². The number of carbonyl (C=O) groups is 1. The van der Waals surface area contributed by atoms with Crippen molar-refractivity contribution in [1.29, 1.82) is 0 Å². The topological polar surface area (TPSA) is 120 Å². The molecule has 22 heavy (non-hydrogen) atoms. The normalized spacial score (nSPS) is 17.9. The van der Waals surface area contributed by atoms with E-state index in [9.17, 15) is 4.79 Å². The molecular weight excluding hydrogens is 290 g/mol. The van der Waals surface area contributed by atoms with Gasteiger partial charge in [0.05, 0.1) is 26.4 Å². The van der Waals surface area contributed by atoms with E-state index in [0.29, 0.717) is 19.8 Å². The summed E-state index contributed by atoms with van der Waals surface area (Å²) >= 11 is 0. The van der Waals surface area contributed by atoms with Crippen LogP contribution in [0.5, 0.6) is 0 Å². The maximum Gasteiger partial charge on any atom is 0.323 e. The van der Waals surface area contributed by atoms with Crippen LogP contribution in [-0.4, -0.2) is 81.2 Å². The van der Waals surface area contributed by atoms with Gasteiger partial charge in [0.1, 0.15) is 6.04 Å². The first-order valence-corrected chi connectivity index (χ1v) is 7.49. The van der Waals surface area contributed by atoms with Gasteiger partial charge in [0.15, 0.2) is 0 Å². The summed E-state index contributed by atoms with van der Waals surface area (Å²) in [4.78, 5) is 15.9. The predicted molar refractivity (Wildman–Crippen MR) is 80.7 cm³/mol. The molecule has 0 saturated carbocycles. The Morgan fingerprint density at radius 1 is 1.41 bits per heavy atom. The summed E-state index contributed by atoms with van der Waals surface area (Å²) in [7, 11) is 1.59. The molecule has 1 heterocycles. The highest BCUT2D eigenvalue weighted by atomic mass is 16.5. The van der Waals surface area contributed by atoms with Crippen LogP contribution in [0.15, 0.2) is 5.11 Å². The fourth-order valence-electron chi connectivity index (χ4n) is 2.22. The molecule has 0 aromatic heterocycles. The molecule has 1 rings (SSSR count). The number of carboxylic acids is 1. The lowest BCUT2D eigenvalue weighted by Crippen LogP contribution is -2.38. The first kappa shape index (κ1) is 18.7. The lowest BCUT2D eigenvalue weighted by molar-refractivity contribution is -0.141. The average Bonchev–Trinajstić information content (AvgIpc) is 2.51. The van der Waals surface area contributed by atoms with Crippen molar-refractivity contribution in [2.75, 3.05) is 53.1 Å². The van der Waals surface area contributed by atoms with Crippen LogP contribution in [-0.2, 0) is 14.3 Å². The average molecular weight is 315 g/mol. The number of nitrogens with zero attached hydrogens (tertiary/aromatic N) is 4. The van der Waals surface area contributed by atoms with E-state index in [1.807, 2.05) is 0 Å². The van der Waals surface area contributed by atoms with E-state index in [0.717, 1.165) is 32.5 Å². The van der Waals surface area contributed by atoms with E-state index in [-0.39, 0.29) is 12.6 Å². The van der Waals surface area contributed by atoms with Gasteiger partial charge in [0.25, 0.3) is 0 Å². The molecule has 9 heteroatoms. The van der Waals surface area contributed by atoms with Gasteiger partial charge in [-0.15, -0.1) is 0 Å². The standard InChI is InChI=1S/C13H25N5O4/c1-15-12(13(19)20)10-22-9-8-21-7-6-18-4-2-11(3-5-18)16-17-14/h11-12,15H,2-10H2,1H3,(H,19,20)/t12-/m0/s1. The van der Waals surface area contributed by atoms with Gasteiger partial charge in [-0.3, -0.25) is 4.79 Å². The van der Waals surface area contributed by atoms with Gasteiger partial charge in [-0.1, -0.05) is 5.11 Å². The van der Waals surface area contributed by atoms with Crippen LogP contribution in [0, 0.1) is 0 Å². The molecule has 0 bridgehead atoms. The predicted octanol–water partition coefficient (Wildman–Crippen LogP) is 0.467. The molecule has 0 amide bonds. The van der Waals surface area contributed by atoms with Gasteiger partial charge >= 0.3 is 5.97 Å². The van der Waals surface area contributed by atoms with E-state index in [2.05, 4.69) is 20.2 Å². The molecule has 2 N–H and O–H groups in total. The molecule has 0 spiro atoms. The van der Waals surface area contributed by atoms with Gasteiger partial charge in [-0.2, -0.15) is 0 Å². The third-order valence-electron chi connectivity index (χ3n) is 3.63. The van der Waals surface area contributed by atoms with Crippen molar-refractivity contribution >= 4 is 5.97 Å². The Bertz CT molecular complexity index is 367.